The van der Waals surface area contributed by atoms with Gasteiger partial charge in [0.25, 0.3) is 0 Å². The van der Waals surface area contributed by atoms with Crippen molar-refractivity contribution in [2.75, 3.05) is 7.05 Å². The zero-order valence-electron chi connectivity index (χ0n) is 11.6. The summed E-state index contributed by atoms with van der Waals surface area (Å²) in [5, 5.41) is 8.65. The highest BCUT2D eigenvalue weighted by Crippen LogP contribution is 2.28. The van der Waals surface area contributed by atoms with Crippen molar-refractivity contribution in [3.8, 4) is 10.8 Å². The van der Waals surface area contributed by atoms with Gasteiger partial charge in [0.1, 0.15) is 6.26 Å². The smallest absolute Gasteiger partial charge is 0.236 e. The van der Waals surface area contributed by atoms with E-state index in [0.717, 1.165) is 22.4 Å². The molecule has 2 aromatic heterocycles. The Hall–Kier alpha value is -1.82. The third kappa shape index (κ3) is 3.01. The fourth-order valence-corrected chi connectivity index (χ4v) is 2.62. The minimum atomic E-state index is 0.556. The van der Waals surface area contributed by atoms with E-state index in [-0.39, 0.29) is 0 Å². The minimum Gasteiger partial charge on any atom is -0.443 e. The summed E-state index contributed by atoms with van der Waals surface area (Å²) in [4.78, 5) is 9.73. The summed E-state index contributed by atoms with van der Waals surface area (Å²) in [5.41, 5.74) is 0.875. The van der Waals surface area contributed by atoms with Crippen molar-refractivity contribution < 1.29 is 4.42 Å². The van der Waals surface area contributed by atoms with Gasteiger partial charge in [-0.05, 0) is 23.8 Å². The Morgan fingerprint density at radius 2 is 2.45 bits per heavy atom. The van der Waals surface area contributed by atoms with Crippen LogP contribution in [-0.4, -0.2) is 24.0 Å². The van der Waals surface area contributed by atoms with E-state index >= 15 is 0 Å². The Morgan fingerprint density at radius 3 is 3.10 bits per heavy atom. The first-order valence-corrected chi connectivity index (χ1v) is 7.59. The maximum Gasteiger partial charge on any atom is 0.236 e. The van der Waals surface area contributed by atoms with E-state index < -0.39 is 0 Å². The molecule has 0 amide bonds. The molecular weight excluding hydrogens is 272 g/mol. The second kappa shape index (κ2) is 5.66. The number of hydrogen-bond donors (Lipinski definition) is 2. The molecular formula is C14H18N4OS. The van der Waals surface area contributed by atoms with E-state index in [9.17, 15) is 0 Å². The van der Waals surface area contributed by atoms with Gasteiger partial charge in [-0.3, -0.25) is 4.99 Å². The van der Waals surface area contributed by atoms with Crippen molar-refractivity contribution in [3.63, 3.8) is 0 Å². The highest BCUT2D eigenvalue weighted by molar-refractivity contribution is 7.13. The molecule has 106 valence electrons. The molecule has 0 aliphatic heterocycles. The van der Waals surface area contributed by atoms with Gasteiger partial charge in [-0.1, -0.05) is 13.0 Å². The van der Waals surface area contributed by atoms with Crippen molar-refractivity contribution in [2.45, 2.75) is 25.9 Å². The maximum absolute atomic E-state index is 5.48. The van der Waals surface area contributed by atoms with Gasteiger partial charge >= 0.3 is 0 Å². The molecule has 20 heavy (non-hydrogen) atoms. The average Bonchev–Trinajstić information content (AvgIpc) is 2.95. The molecule has 1 aliphatic carbocycles. The number of hydrogen-bond acceptors (Lipinski definition) is 4. The zero-order valence-corrected chi connectivity index (χ0v) is 12.4. The van der Waals surface area contributed by atoms with Crippen LogP contribution in [0, 0.1) is 5.92 Å². The van der Waals surface area contributed by atoms with E-state index in [1.807, 2.05) is 17.5 Å². The second-order valence-corrected chi connectivity index (χ2v) is 5.96. The average molecular weight is 290 g/mol. The number of rotatable bonds is 4. The van der Waals surface area contributed by atoms with Gasteiger partial charge in [0, 0.05) is 13.1 Å². The van der Waals surface area contributed by atoms with Gasteiger partial charge in [-0.25, -0.2) is 4.98 Å². The molecule has 3 rings (SSSR count). The molecule has 1 fully saturated rings. The third-order valence-electron chi connectivity index (χ3n) is 3.38. The van der Waals surface area contributed by atoms with Crippen molar-refractivity contribution in [3.05, 3.63) is 29.5 Å². The summed E-state index contributed by atoms with van der Waals surface area (Å²) in [6, 6.07) is 4.55. The lowest BCUT2D eigenvalue weighted by Crippen LogP contribution is -2.38. The van der Waals surface area contributed by atoms with E-state index in [4.69, 9.17) is 4.42 Å². The number of nitrogens with zero attached hydrogens (tertiary/aromatic N) is 2. The van der Waals surface area contributed by atoms with Gasteiger partial charge in [0.15, 0.2) is 5.96 Å². The fourth-order valence-electron chi connectivity index (χ4n) is 1.97. The Balaban J connectivity index is 1.55. The Labute approximate surface area is 122 Å². The van der Waals surface area contributed by atoms with Gasteiger partial charge in [-0.15, -0.1) is 11.3 Å². The fraction of sp³-hybridized carbons (Fsp3) is 0.429. The summed E-state index contributed by atoms with van der Waals surface area (Å²) in [6.07, 6.45) is 2.91. The van der Waals surface area contributed by atoms with Gasteiger partial charge < -0.3 is 15.1 Å². The highest BCUT2D eigenvalue weighted by atomic mass is 32.1. The van der Waals surface area contributed by atoms with Gasteiger partial charge in [0.05, 0.1) is 17.1 Å². The Bertz CT molecular complexity index is 590. The largest absolute Gasteiger partial charge is 0.443 e. The summed E-state index contributed by atoms with van der Waals surface area (Å²) >= 11 is 1.62. The van der Waals surface area contributed by atoms with Crippen LogP contribution in [0.25, 0.3) is 10.8 Å². The molecule has 2 aromatic rings. The number of guanidine groups is 1. The maximum atomic E-state index is 5.48. The topological polar surface area (TPSA) is 62.5 Å². The standard InChI is InChI=1S/C14H18N4OS/c1-9-6-11(9)18-14(15-2)16-7-10-8-19-13(17-10)12-4-3-5-20-12/h3-5,8-9,11H,6-7H2,1-2H3,(H2,15,16,18). The van der Waals surface area contributed by atoms with Gasteiger partial charge in [-0.2, -0.15) is 0 Å². The van der Waals surface area contributed by atoms with E-state index in [1.54, 1.807) is 24.6 Å². The lowest BCUT2D eigenvalue weighted by atomic mass is 10.4. The summed E-state index contributed by atoms with van der Waals surface area (Å²) in [6.45, 7) is 2.84. The molecule has 0 saturated heterocycles. The van der Waals surface area contributed by atoms with Crippen LogP contribution in [0.1, 0.15) is 19.0 Å². The second-order valence-electron chi connectivity index (χ2n) is 5.01. The van der Waals surface area contributed by atoms with Crippen molar-refractivity contribution in [1.29, 1.82) is 0 Å². The summed E-state index contributed by atoms with van der Waals surface area (Å²) in [5.74, 6) is 2.24. The molecule has 2 heterocycles. The number of nitrogens with one attached hydrogen (secondary N) is 2. The number of thiophene rings is 1. The Kier molecular flexibility index (Phi) is 3.73. The first-order valence-electron chi connectivity index (χ1n) is 6.71. The van der Waals surface area contributed by atoms with Crippen molar-refractivity contribution >= 4 is 17.3 Å². The Morgan fingerprint density at radius 1 is 1.60 bits per heavy atom. The molecule has 2 atom stereocenters. The van der Waals surface area contributed by atoms with Crippen LogP contribution in [0.4, 0.5) is 0 Å². The summed E-state index contributed by atoms with van der Waals surface area (Å²) in [7, 11) is 1.78. The van der Waals surface area contributed by atoms with Crippen LogP contribution < -0.4 is 10.6 Å². The molecule has 0 aromatic carbocycles. The van der Waals surface area contributed by atoms with Crippen LogP contribution in [0.3, 0.4) is 0 Å². The van der Waals surface area contributed by atoms with Crippen LogP contribution >= 0.6 is 11.3 Å². The summed E-state index contributed by atoms with van der Waals surface area (Å²) < 4.78 is 5.48. The van der Waals surface area contributed by atoms with Crippen LogP contribution in [0.15, 0.2) is 33.2 Å². The minimum absolute atomic E-state index is 0.556. The molecule has 2 N–H and O–H groups in total. The molecule has 5 nitrogen and oxygen atoms in total. The van der Waals surface area contributed by atoms with Crippen molar-refractivity contribution in [2.24, 2.45) is 10.9 Å². The molecule has 0 spiro atoms. The first kappa shape index (κ1) is 13.2. The zero-order chi connectivity index (χ0) is 13.9. The van der Waals surface area contributed by atoms with Crippen LogP contribution in [0.5, 0.6) is 0 Å². The molecule has 1 aliphatic rings. The SMILES string of the molecule is CN=C(NCc1coc(-c2cccs2)n1)NC1CC1C. The molecule has 1 saturated carbocycles. The van der Waals surface area contributed by atoms with E-state index in [2.05, 4.69) is 27.5 Å². The van der Waals surface area contributed by atoms with E-state index in [0.29, 0.717) is 18.5 Å². The van der Waals surface area contributed by atoms with Gasteiger partial charge in [0.2, 0.25) is 5.89 Å². The number of aliphatic imine (C=N–C) groups is 1. The first-order chi connectivity index (χ1) is 9.76. The van der Waals surface area contributed by atoms with Crippen LogP contribution in [0.2, 0.25) is 0 Å². The van der Waals surface area contributed by atoms with E-state index in [1.165, 1.54) is 6.42 Å². The third-order valence-corrected chi connectivity index (χ3v) is 4.23. The number of oxazole rings is 1. The monoisotopic (exact) mass is 290 g/mol. The molecule has 6 heteroatoms. The predicted molar refractivity (Wildman–Crippen MR) is 80.7 cm³/mol. The van der Waals surface area contributed by atoms with Crippen LogP contribution in [-0.2, 0) is 6.54 Å². The molecule has 0 radical (unpaired) electrons. The number of aromatic nitrogens is 1. The quantitative estimate of drug-likeness (QED) is 0.671. The highest BCUT2D eigenvalue weighted by Gasteiger charge is 2.33. The molecule has 0 bridgehead atoms. The lowest BCUT2D eigenvalue weighted by molar-refractivity contribution is 0.573. The predicted octanol–water partition coefficient (Wildman–Crippen LogP) is 2.48. The lowest BCUT2D eigenvalue weighted by Gasteiger charge is -2.09. The molecule has 2 unspecified atom stereocenters. The van der Waals surface area contributed by atoms with Crippen molar-refractivity contribution in [1.82, 2.24) is 15.6 Å². The normalized spacial score (nSPS) is 21.8.